The molecule has 1 aromatic heterocycles. The van der Waals surface area contributed by atoms with Gasteiger partial charge in [-0.15, -0.1) is 6.42 Å². The van der Waals surface area contributed by atoms with Gasteiger partial charge in [0, 0.05) is 10.7 Å². The number of carbonyl (C=O) groups is 2. The second-order valence-corrected chi connectivity index (χ2v) is 4.52. The van der Waals surface area contributed by atoms with Gasteiger partial charge in [0.2, 0.25) is 0 Å². The second kappa shape index (κ2) is 6.38. The third-order valence-electron chi connectivity index (χ3n) is 1.93. The Morgan fingerprint density at radius 2 is 2.28 bits per heavy atom. The van der Waals surface area contributed by atoms with Crippen LogP contribution in [0.5, 0.6) is 0 Å². The summed E-state index contributed by atoms with van der Waals surface area (Å²) in [6.45, 7) is -0.611. The molecular weight excluding hydrogens is 323 g/mol. The predicted octanol–water partition coefficient (Wildman–Crippen LogP) is 1.66. The van der Waals surface area contributed by atoms with E-state index in [1.807, 2.05) is 0 Å². The van der Waals surface area contributed by atoms with Crippen molar-refractivity contribution in [2.45, 2.75) is 0 Å². The first kappa shape index (κ1) is 14.5. The summed E-state index contributed by atoms with van der Waals surface area (Å²) >= 11 is 8.95. The molecule has 1 N–H and O–H groups in total. The minimum absolute atomic E-state index is 0.00406. The average Bonchev–Trinajstić information content (AvgIpc) is 2.30. The van der Waals surface area contributed by atoms with Crippen molar-refractivity contribution < 1.29 is 14.7 Å². The topological polar surface area (TPSA) is 70.5 Å². The van der Waals surface area contributed by atoms with Crippen LogP contribution in [0.4, 0.5) is 0 Å². The van der Waals surface area contributed by atoms with Gasteiger partial charge in [-0.2, -0.15) is 0 Å². The van der Waals surface area contributed by atoms with Crippen LogP contribution in [0.15, 0.2) is 16.7 Å². The highest BCUT2D eigenvalue weighted by atomic mass is 79.9. The molecule has 1 heterocycles. The summed E-state index contributed by atoms with van der Waals surface area (Å²) in [5, 5.41) is 8.71. The smallest absolute Gasteiger partial charge is 0.323 e. The fourth-order valence-corrected chi connectivity index (χ4v) is 1.73. The number of hydrogen-bond acceptors (Lipinski definition) is 3. The Balaban J connectivity index is 3.05. The largest absolute Gasteiger partial charge is 0.480 e. The summed E-state index contributed by atoms with van der Waals surface area (Å²) in [5.74, 6) is 0.495. The summed E-state index contributed by atoms with van der Waals surface area (Å²) < 4.78 is 0.561. The molecule has 1 rings (SSSR count). The van der Waals surface area contributed by atoms with E-state index in [0.717, 1.165) is 4.90 Å². The van der Waals surface area contributed by atoms with Crippen molar-refractivity contribution in [2.75, 3.05) is 13.1 Å². The lowest BCUT2D eigenvalue weighted by atomic mass is 10.2. The lowest BCUT2D eigenvalue weighted by molar-refractivity contribution is -0.137. The summed E-state index contributed by atoms with van der Waals surface area (Å²) in [7, 11) is 0. The number of terminal acetylenes is 1. The zero-order valence-corrected chi connectivity index (χ0v) is 11.4. The third-order valence-corrected chi connectivity index (χ3v) is 2.67. The number of hydrogen-bond donors (Lipinski definition) is 1. The Bertz CT molecular complexity index is 528. The fraction of sp³-hybridized carbons (Fsp3) is 0.182. The Kier molecular flexibility index (Phi) is 5.13. The maximum atomic E-state index is 12.1. The van der Waals surface area contributed by atoms with Crippen LogP contribution < -0.4 is 0 Å². The first-order valence-corrected chi connectivity index (χ1v) is 5.88. The SMILES string of the molecule is C#CCN(CC(=O)O)C(=O)c1cc(Br)cnc1Cl. The maximum Gasteiger partial charge on any atom is 0.323 e. The van der Waals surface area contributed by atoms with Crippen LogP contribution in [-0.4, -0.2) is 40.0 Å². The molecule has 94 valence electrons. The molecule has 0 atom stereocenters. The Morgan fingerprint density at radius 1 is 1.61 bits per heavy atom. The van der Waals surface area contributed by atoms with E-state index in [0.29, 0.717) is 4.47 Å². The number of pyridine rings is 1. The molecule has 0 fully saturated rings. The zero-order chi connectivity index (χ0) is 13.7. The second-order valence-electron chi connectivity index (χ2n) is 3.25. The van der Waals surface area contributed by atoms with E-state index in [1.54, 1.807) is 0 Å². The lowest BCUT2D eigenvalue weighted by Crippen LogP contribution is -2.36. The van der Waals surface area contributed by atoms with Gasteiger partial charge in [0.15, 0.2) is 0 Å². The van der Waals surface area contributed by atoms with Crippen molar-refractivity contribution in [3.8, 4) is 12.3 Å². The van der Waals surface area contributed by atoms with Gasteiger partial charge < -0.3 is 10.0 Å². The molecule has 0 spiro atoms. The van der Waals surface area contributed by atoms with Gasteiger partial charge in [-0.3, -0.25) is 9.59 Å². The Morgan fingerprint density at radius 3 is 2.83 bits per heavy atom. The quantitative estimate of drug-likeness (QED) is 0.673. The van der Waals surface area contributed by atoms with E-state index < -0.39 is 18.4 Å². The minimum Gasteiger partial charge on any atom is -0.480 e. The van der Waals surface area contributed by atoms with Crippen molar-refractivity contribution >= 4 is 39.4 Å². The molecule has 1 aromatic rings. The highest BCUT2D eigenvalue weighted by Crippen LogP contribution is 2.19. The maximum absolute atomic E-state index is 12.1. The number of carbonyl (C=O) groups excluding carboxylic acids is 1. The van der Waals surface area contributed by atoms with E-state index in [1.165, 1.54) is 12.3 Å². The van der Waals surface area contributed by atoms with Gasteiger partial charge in [-0.05, 0) is 22.0 Å². The van der Waals surface area contributed by atoms with Gasteiger partial charge in [-0.1, -0.05) is 17.5 Å². The lowest BCUT2D eigenvalue weighted by Gasteiger charge is -2.18. The first-order chi connectivity index (χ1) is 8.45. The third kappa shape index (κ3) is 3.72. The van der Waals surface area contributed by atoms with Crippen LogP contribution >= 0.6 is 27.5 Å². The number of carboxylic acids is 1. The molecule has 0 aliphatic rings. The highest BCUT2D eigenvalue weighted by Gasteiger charge is 2.20. The predicted molar refractivity (Wildman–Crippen MR) is 69.3 cm³/mol. The van der Waals surface area contributed by atoms with Crippen LogP contribution in [0.3, 0.4) is 0 Å². The van der Waals surface area contributed by atoms with Gasteiger partial charge in [-0.25, -0.2) is 4.98 Å². The number of aliphatic carboxylic acids is 1. The summed E-state index contributed by atoms with van der Waals surface area (Å²) in [6.07, 6.45) is 6.53. The molecule has 18 heavy (non-hydrogen) atoms. The van der Waals surface area contributed by atoms with E-state index in [-0.39, 0.29) is 17.3 Å². The molecule has 0 aromatic carbocycles. The van der Waals surface area contributed by atoms with Crippen LogP contribution in [0, 0.1) is 12.3 Å². The van der Waals surface area contributed by atoms with Crippen molar-refractivity contribution in [1.82, 2.24) is 9.88 Å². The molecule has 0 aliphatic heterocycles. The first-order valence-electron chi connectivity index (χ1n) is 4.71. The van der Waals surface area contributed by atoms with Crippen molar-refractivity contribution in [1.29, 1.82) is 0 Å². The molecule has 0 radical (unpaired) electrons. The molecule has 0 bridgehead atoms. The van der Waals surface area contributed by atoms with Crippen LogP contribution in [0.1, 0.15) is 10.4 Å². The highest BCUT2D eigenvalue weighted by molar-refractivity contribution is 9.10. The summed E-state index contributed by atoms with van der Waals surface area (Å²) in [5.41, 5.74) is 0.0996. The number of aromatic nitrogens is 1. The van der Waals surface area contributed by atoms with E-state index in [2.05, 4.69) is 26.8 Å². The molecule has 0 aliphatic carbocycles. The number of amides is 1. The van der Waals surface area contributed by atoms with Crippen LogP contribution in [-0.2, 0) is 4.79 Å². The van der Waals surface area contributed by atoms with Gasteiger partial charge in [0.05, 0.1) is 12.1 Å². The summed E-state index contributed by atoms with van der Waals surface area (Å²) in [6, 6.07) is 1.46. The Hall–Kier alpha value is -1.58. The standard InChI is InChI=1S/C11H8BrClN2O3/c1-2-3-15(6-9(16)17)11(18)8-4-7(12)5-14-10(8)13/h1,4-5H,3,6H2,(H,16,17). The van der Waals surface area contributed by atoms with Crippen molar-refractivity contribution in [2.24, 2.45) is 0 Å². The van der Waals surface area contributed by atoms with E-state index in [4.69, 9.17) is 23.1 Å². The summed E-state index contributed by atoms with van der Waals surface area (Å²) in [4.78, 5) is 27.5. The number of halogens is 2. The van der Waals surface area contributed by atoms with Crippen LogP contribution in [0.25, 0.3) is 0 Å². The van der Waals surface area contributed by atoms with E-state index >= 15 is 0 Å². The minimum atomic E-state index is -1.15. The Labute approximate surface area is 117 Å². The monoisotopic (exact) mass is 330 g/mol. The molecule has 0 unspecified atom stereocenters. The molecule has 7 heteroatoms. The average molecular weight is 332 g/mol. The van der Waals surface area contributed by atoms with Crippen LogP contribution in [0.2, 0.25) is 5.15 Å². The number of nitrogens with zero attached hydrogens (tertiary/aromatic N) is 2. The fourth-order valence-electron chi connectivity index (χ4n) is 1.22. The molecule has 0 saturated carbocycles. The molecule has 5 nitrogen and oxygen atoms in total. The van der Waals surface area contributed by atoms with Crippen molar-refractivity contribution in [3.63, 3.8) is 0 Å². The van der Waals surface area contributed by atoms with Gasteiger partial charge in [0.25, 0.3) is 5.91 Å². The molecular formula is C11H8BrClN2O3. The number of rotatable bonds is 4. The van der Waals surface area contributed by atoms with Crippen molar-refractivity contribution in [3.05, 3.63) is 27.5 Å². The molecule has 0 saturated heterocycles. The number of carboxylic acid groups (broad SMARTS) is 1. The van der Waals surface area contributed by atoms with Gasteiger partial charge >= 0.3 is 5.97 Å². The van der Waals surface area contributed by atoms with Gasteiger partial charge in [0.1, 0.15) is 11.7 Å². The van der Waals surface area contributed by atoms with E-state index in [9.17, 15) is 9.59 Å². The molecule has 1 amide bonds. The zero-order valence-electron chi connectivity index (χ0n) is 9.06. The normalized spacial score (nSPS) is 9.61.